The Hall–Kier alpha value is -2.37. The van der Waals surface area contributed by atoms with E-state index in [1.54, 1.807) is 6.92 Å². The normalized spacial score (nSPS) is 10.5. The second-order valence-corrected chi connectivity index (χ2v) is 4.92. The smallest absolute Gasteiger partial charge is 0.224 e. The van der Waals surface area contributed by atoms with E-state index in [-0.39, 0.29) is 12.3 Å². The van der Waals surface area contributed by atoms with Crippen molar-refractivity contribution in [3.63, 3.8) is 0 Å². The van der Waals surface area contributed by atoms with Crippen LogP contribution in [0.4, 0.5) is 10.1 Å². The van der Waals surface area contributed by atoms with Crippen molar-refractivity contribution in [2.24, 2.45) is 0 Å². The first-order valence-electron chi connectivity index (χ1n) is 7.15. The van der Waals surface area contributed by atoms with Crippen molar-refractivity contribution in [2.45, 2.75) is 33.6 Å². The first kappa shape index (κ1) is 16.0. The summed E-state index contributed by atoms with van der Waals surface area (Å²) in [4.78, 5) is 12.1. The number of nitrogens with zero attached hydrogens (tertiary/aromatic N) is 1. The topological polar surface area (TPSA) is 64.4 Å². The number of carbonyl (C=O) groups is 1. The van der Waals surface area contributed by atoms with Gasteiger partial charge in [0.25, 0.3) is 0 Å². The summed E-state index contributed by atoms with van der Waals surface area (Å²) in [6.45, 7) is 5.86. The number of halogens is 1. The third-order valence-electron chi connectivity index (χ3n) is 3.30. The molecule has 0 saturated carbocycles. The number of carbonyl (C=O) groups excluding carboxylic acids is 1. The molecule has 1 amide bonds. The lowest BCUT2D eigenvalue weighted by atomic mass is 10.1. The molecule has 22 heavy (non-hydrogen) atoms. The Bertz CT molecular complexity index is 648. The number of nitrogens with one attached hydrogen (secondary N) is 1. The summed E-state index contributed by atoms with van der Waals surface area (Å²) in [5.74, 6) is 0.472. The van der Waals surface area contributed by atoms with Crippen LogP contribution in [-0.4, -0.2) is 17.7 Å². The van der Waals surface area contributed by atoms with Crippen molar-refractivity contribution in [2.75, 3.05) is 11.9 Å². The van der Waals surface area contributed by atoms with Gasteiger partial charge in [-0.25, -0.2) is 4.39 Å². The van der Waals surface area contributed by atoms with Crippen LogP contribution in [-0.2, 0) is 11.2 Å². The van der Waals surface area contributed by atoms with Crippen LogP contribution >= 0.6 is 0 Å². The molecule has 2 aromatic rings. The van der Waals surface area contributed by atoms with E-state index >= 15 is 0 Å². The Morgan fingerprint density at radius 3 is 2.82 bits per heavy atom. The van der Waals surface area contributed by atoms with E-state index in [1.807, 2.05) is 13.8 Å². The minimum atomic E-state index is -0.405. The highest BCUT2D eigenvalue weighted by atomic mass is 19.1. The van der Waals surface area contributed by atoms with Crippen LogP contribution in [0.2, 0.25) is 0 Å². The van der Waals surface area contributed by atoms with E-state index in [1.165, 1.54) is 18.2 Å². The van der Waals surface area contributed by atoms with E-state index in [4.69, 9.17) is 9.26 Å². The molecule has 2 rings (SSSR count). The summed E-state index contributed by atoms with van der Waals surface area (Å²) in [6, 6.07) is 4.04. The Balaban J connectivity index is 2.00. The number of ether oxygens (including phenoxy) is 1. The van der Waals surface area contributed by atoms with Crippen molar-refractivity contribution < 1.29 is 18.4 Å². The highest BCUT2D eigenvalue weighted by molar-refractivity contribution is 5.92. The molecule has 5 nitrogen and oxygen atoms in total. The van der Waals surface area contributed by atoms with Gasteiger partial charge in [-0.05, 0) is 39.3 Å². The standard InChI is InChI=1S/C16H19FN2O3/c1-4-21-15-9-12(17)5-7-14(15)18-16(20)8-6-13-10(2)19-22-11(13)3/h5,7,9H,4,6,8H2,1-3H3,(H,18,20). The molecule has 0 aliphatic rings. The van der Waals surface area contributed by atoms with Crippen molar-refractivity contribution in [1.29, 1.82) is 0 Å². The van der Waals surface area contributed by atoms with Gasteiger partial charge in [0.1, 0.15) is 17.3 Å². The molecular formula is C16H19FN2O3. The summed E-state index contributed by atoms with van der Waals surface area (Å²) in [5, 5.41) is 6.60. The SMILES string of the molecule is CCOc1cc(F)ccc1NC(=O)CCc1c(C)noc1C. The molecule has 1 heterocycles. The third kappa shape index (κ3) is 3.84. The zero-order chi connectivity index (χ0) is 16.1. The van der Waals surface area contributed by atoms with Crippen LogP contribution in [0.15, 0.2) is 22.7 Å². The van der Waals surface area contributed by atoms with Crippen molar-refractivity contribution in [3.8, 4) is 5.75 Å². The Labute approximate surface area is 128 Å². The van der Waals surface area contributed by atoms with Gasteiger partial charge in [-0.2, -0.15) is 0 Å². The molecule has 1 aromatic heterocycles. The maximum absolute atomic E-state index is 13.2. The average molecular weight is 306 g/mol. The molecule has 0 saturated heterocycles. The first-order chi connectivity index (χ1) is 10.5. The lowest BCUT2D eigenvalue weighted by Crippen LogP contribution is -2.13. The number of aromatic nitrogens is 1. The van der Waals surface area contributed by atoms with Crippen LogP contribution < -0.4 is 10.1 Å². The van der Waals surface area contributed by atoms with Crippen molar-refractivity contribution in [1.82, 2.24) is 5.16 Å². The van der Waals surface area contributed by atoms with Gasteiger partial charge < -0.3 is 14.6 Å². The fourth-order valence-electron chi connectivity index (χ4n) is 2.18. The molecule has 6 heteroatoms. The summed E-state index contributed by atoms with van der Waals surface area (Å²) in [6.07, 6.45) is 0.823. The fourth-order valence-corrected chi connectivity index (χ4v) is 2.18. The summed E-state index contributed by atoms with van der Waals surface area (Å²) in [7, 11) is 0. The van der Waals surface area contributed by atoms with Gasteiger partial charge in [0, 0.05) is 18.1 Å². The molecule has 0 fully saturated rings. The number of amides is 1. The molecular weight excluding hydrogens is 287 g/mol. The summed E-state index contributed by atoms with van der Waals surface area (Å²) >= 11 is 0. The van der Waals surface area contributed by atoms with Gasteiger partial charge in [-0.1, -0.05) is 5.16 Å². The summed E-state index contributed by atoms with van der Waals surface area (Å²) < 4.78 is 23.6. The van der Waals surface area contributed by atoms with E-state index < -0.39 is 5.82 Å². The van der Waals surface area contributed by atoms with Gasteiger partial charge in [0.15, 0.2) is 0 Å². The van der Waals surface area contributed by atoms with Gasteiger partial charge in [0.05, 0.1) is 18.0 Å². The Morgan fingerprint density at radius 1 is 1.41 bits per heavy atom. The molecule has 0 unspecified atom stereocenters. The fraction of sp³-hybridized carbons (Fsp3) is 0.375. The maximum Gasteiger partial charge on any atom is 0.224 e. The molecule has 0 radical (unpaired) electrons. The van der Waals surface area contributed by atoms with Crippen LogP contribution in [0.1, 0.15) is 30.4 Å². The second kappa shape index (κ2) is 7.06. The van der Waals surface area contributed by atoms with Gasteiger partial charge >= 0.3 is 0 Å². The molecule has 1 aromatic carbocycles. The molecule has 0 spiro atoms. The van der Waals surface area contributed by atoms with E-state index in [9.17, 15) is 9.18 Å². The molecule has 1 N–H and O–H groups in total. The molecule has 0 bridgehead atoms. The Morgan fingerprint density at radius 2 is 2.18 bits per heavy atom. The second-order valence-electron chi connectivity index (χ2n) is 4.92. The highest BCUT2D eigenvalue weighted by Crippen LogP contribution is 2.25. The number of benzene rings is 1. The Kier molecular flexibility index (Phi) is 5.14. The first-order valence-corrected chi connectivity index (χ1v) is 7.15. The van der Waals surface area contributed by atoms with Crippen LogP contribution in [0.5, 0.6) is 5.75 Å². The minimum absolute atomic E-state index is 0.174. The molecule has 0 aliphatic heterocycles. The zero-order valence-electron chi connectivity index (χ0n) is 12.9. The monoisotopic (exact) mass is 306 g/mol. The van der Waals surface area contributed by atoms with E-state index in [2.05, 4.69) is 10.5 Å². The van der Waals surface area contributed by atoms with Gasteiger partial charge in [0.2, 0.25) is 5.91 Å². The lowest BCUT2D eigenvalue weighted by Gasteiger charge is -2.11. The van der Waals surface area contributed by atoms with Crippen LogP contribution in [0.3, 0.4) is 0 Å². The maximum atomic E-state index is 13.2. The van der Waals surface area contributed by atoms with Gasteiger partial charge in [-0.15, -0.1) is 0 Å². The molecule has 0 aliphatic carbocycles. The summed E-state index contributed by atoms with van der Waals surface area (Å²) in [5.41, 5.74) is 2.20. The molecule has 0 atom stereocenters. The average Bonchev–Trinajstić information content (AvgIpc) is 2.79. The predicted octanol–water partition coefficient (Wildman–Crippen LogP) is 3.40. The van der Waals surface area contributed by atoms with Crippen LogP contribution in [0, 0.1) is 19.7 Å². The van der Waals surface area contributed by atoms with E-state index in [0.29, 0.717) is 24.5 Å². The van der Waals surface area contributed by atoms with Crippen molar-refractivity contribution >= 4 is 11.6 Å². The number of anilines is 1. The van der Waals surface area contributed by atoms with Crippen LogP contribution in [0.25, 0.3) is 0 Å². The third-order valence-corrected chi connectivity index (χ3v) is 3.30. The number of hydrogen-bond acceptors (Lipinski definition) is 4. The zero-order valence-corrected chi connectivity index (χ0v) is 12.9. The lowest BCUT2D eigenvalue weighted by molar-refractivity contribution is -0.116. The van der Waals surface area contributed by atoms with E-state index in [0.717, 1.165) is 17.0 Å². The number of rotatable bonds is 6. The largest absolute Gasteiger partial charge is 0.492 e. The minimum Gasteiger partial charge on any atom is -0.492 e. The quantitative estimate of drug-likeness (QED) is 0.888. The predicted molar refractivity (Wildman–Crippen MR) is 80.5 cm³/mol. The van der Waals surface area contributed by atoms with Gasteiger partial charge in [-0.3, -0.25) is 4.79 Å². The van der Waals surface area contributed by atoms with Crippen molar-refractivity contribution in [3.05, 3.63) is 41.0 Å². The molecule has 118 valence electrons. The highest BCUT2D eigenvalue weighted by Gasteiger charge is 2.13. The number of aryl methyl sites for hydroxylation is 2. The number of hydrogen-bond donors (Lipinski definition) is 1.